The van der Waals surface area contributed by atoms with E-state index in [4.69, 9.17) is 27.9 Å². The van der Waals surface area contributed by atoms with Crippen LogP contribution in [0.2, 0.25) is 10.2 Å². The highest BCUT2D eigenvalue weighted by Crippen LogP contribution is 2.25. The Labute approximate surface area is 131 Å². The molecule has 2 aromatic heterocycles. The number of aromatic nitrogens is 4. The zero-order chi connectivity index (χ0) is 14.8. The second-order valence-corrected chi connectivity index (χ2v) is 5.07. The number of hydrogen-bond donors (Lipinski definition) is 0. The minimum atomic E-state index is 0.358. The van der Waals surface area contributed by atoms with Crippen molar-refractivity contribution in [3.63, 3.8) is 0 Å². The van der Waals surface area contributed by atoms with Gasteiger partial charge in [0.1, 0.15) is 11.5 Å². The Bertz CT molecular complexity index is 771. The fourth-order valence-corrected chi connectivity index (χ4v) is 1.97. The van der Waals surface area contributed by atoms with Crippen molar-refractivity contribution in [2.45, 2.75) is 6.92 Å². The van der Waals surface area contributed by atoms with Crippen LogP contribution in [0.25, 0.3) is 5.69 Å². The molecule has 0 saturated carbocycles. The Kier molecular flexibility index (Phi) is 3.77. The largest absolute Gasteiger partial charge is 0.419 e. The van der Waals surface area contributed by atoms with Crippen molar-refractivity contribution in [2.75, 3.05) is 0 Å². The van der Waals surface area contributed by atoms with E-state index < -0.39 is 0 Å². The van der Waals surface area contributed by atoms with E-state index in [0.29, 0.717) is 27.5 Å². The summed E-state index contributed by atoms with van der Waals surface area (Å²) in [6.07, 6.45) is 3.14. The van der Waals surface area contributed by atoms with Crippen molar-refractivity contribution in [3.8, 4) is 17.4 Å². The highest BCUT2D eigenvalue weighted by atomic mass is 35.5. The van der Waals surface area contributed by atoms with Crippen LogP contribution in [0.1, 0.15) is 5.56 Å². The van der Waals surface area contributed by atoms with Crippen LogP contribution in [0.5, 0.6) is 11.8 Å². The van der Waals surface area contributed by atoms with Gasteiger partial charge in [-0.3, -0.25) is 0 Å². The first-order valence-corrected chi connectivity index (χ1v) is 6.85. The zero-order valence-corrected chi connectivity index (χ0v) is 12.5. The molecule has 106 valence electrons. The standard InChI is InChI=1S/C14H10Cl2N4O/c1-9-13(16)17-8-18-14(9)21-12-6-7-20(19-12)11-4-2-10(15)3-5-11/h2-8H,1H3. The quantitative estimate of drug-likeness (QED) is 0.682. The first-order valence-electron chi connectivity index (χ1n) is 6.10. The first kappa shape index (κ1) is 13.9. The molecule has 0 aliphatic rings. The minimum absolute atomic E-state index is 0.358. The smallest absolute Gasteiger partial charge is 0.240 e. The number of hydrogen-bond acceptors (Lipinski definition) is 4. The average molecular weight is 321 g/mol. The van der Waals surface area contributed by atoms with Crippen LogP contribution in [0.4, 0.5) is 0 Å². The third-order valence-electron chi connectivity index (χ3n) is 2.83. The van der Waals surface area contributed by atoms with Crippen molar-refractivity contribution >= 4 is 23.2 Å². The van der Waals surface area contributed by atoms with Crippen molar-refractivity contribution in [1.29, 1.82) is 0 Å². The predicted molar refractivity (Wildman–Crippen MR) is 80.4 cm³/mol. The molecule has 2 heterocycles. The Morgan fingerprint density at radius 1 is 1.05 bits per heavy atom. The molecular formula is C14H10Cl2N4O. The molecule has 0 atom stereocenters. The van der Waals surface area contributed by atoms with E-state index in [1.54, 1.807) is 36.0 Å². The number of ether oxygens (including phenoxy) is 1. The van der Waals surface area contributed by atoms with E-state index in [-0.39, 0.29) is 0 Å². The highest BCUT2D eigenvalue weighted by Gasteiger charge is 2.09. The maximum Gasteiger partial charge on any atom is 0.240 e. The van der Waals surface area contributed by atoms with Gasteiger partial charge in [0.05, 0.1) is 5.69 Å². The van der Waals surface area contributed by atoms with Crippen LogP contribution < -0.4 is 4.74 Å². The third-order valence-corrected chi connectivity index (χ3v) is 3.47. The molecule has 0 radical (unpaired) electrons. The Morgan fingerprint density at radius 3 is 2.57 bits per heavy atom. The molecule has 1 aromatic carbocycles. The lowest BCUT2D eigenvalue weighted by Gasteiger charge is -2.05. The van der Waals surface area contributed by atoms with Crippen LogP contribution in [-0.2, 0) is 0 Å². The molecule has 3 rings (SSSR count). The van der Waals surface area contributed by atoms with Crippen LogP contribution in [0.15, 0.2) is 42.9 Å². The molecule has 3 aromatic rings. The normalized spacial score (nSPS) is 10.6. The van der Waals surface area contributed by atoms with Crippen molar-refractivity contribution in [3.05, 3.63) is 58.6 Å². The van der Waals surface area contributed by atoms with Gasteiger partial charge >= 0.3 is 0 Å². The summed E-state index contributed by atoms with van der Waals surface area (Å²) in [7, 11) is 0. The van der Waals surface area contributed by atoms with Crippen LogP contribution in [0.3, 0.4) is 0 Å². The lowest BCUT2D eigenvalue weighted by atomic mass is 10.3. The lowest BCUT2D eigenvalue weighted by Crippen LogP contribution is -1.97. The molecule has 0 spiro atoms. The summed E-state index contributed by atoms with van der Waals surface area (Å²) in [6, 6.07) is 9.07. The number of benzene rings is 1. The predicted octanol–water partition coefficient (Wildman–Crippen LogP) is 4.07. The lowest BCUT2D eigenvalue weighted by molar-refractivity contribution is 0.435. The molecule has 7 heteroatoms. The third kappa shape index (κ3) is 2.99. The number of halogens is 2. The Morgan fingerprint density at radius 2 is 1.81 bits per heavy atom. The molecule has 0 unspecified atom stereocenters. The molecule has 5 nitrogen and oxygen atoms in total. The molecule has 0 amide bonds. The second-order valence-electron chi connectivity index (χ2n) is 4.27. The van der Waals surface area contributed by atoms with Gasteiger partial charge in [0.25, 0.3) is 0 Å². The van der Waals surface area contributed by atoms with Gasteiger partial charge in [0.2, 0.25) is 11.8 Å². The Balaban J connectivity index is 1.85. The Hall–Kier alpha value is -2.11. The topological polar surface area (TPSA) is 52.8 Å². The average Bonchev–Trinajstić information content (AvgIpc) is 2.93. The monoisotopic (exact) mass is 320 g/mol. The van der Waals surface area contributed by atoms with E-state index in [9.17, 15) is 0 Å². The van der Waals surface area contributed by atoms with Crippen LogP contribution >= 0.6 is 23.2 Å². The van der Waals surface area contributed by atoms with E-state index in [0.717, 1.165) is 5.69 Å². The van der Waals surface area contributed by atoms with Crippen LogP contribution in [0, 0.1) is 6.92 Å². The molecule has 0 bridgehead atoms. The van der Waals surface area contributed by atoms with Gasteiger partial charge in [-0.15, -0.1) is 5.10 Å². The summed E-state index contributed by atoms with van der Waals surface area (Å²) < 4.78 is 7.31. The van der Waals surface area contributed by atoms with Gasteiger partial charge in [-0.1, -0.05) is 23.2 Å². The van der Waals surface area contributed by atoms with Gasteiger partial charge in [-0.2, -0.15) is 0 Å². The summed E-state index contributed by atoms with van der Waals surface area (Å²) in [4.78, 5) is 7.92. The molecule has 0 aliphatic carbocycles. The van der Waals surface area contributed by atoms with E-state index in [2.05, 4.69) is 15.1 Å². The van der Waals surface area contributed by atoms with Gasteiger partial charge < -0.3 is 4.74 Å². The molecule has 0 N–H and O–H groups in total. The summed E-state index contributed by atoms with van der Waals surface area (Å²) in [5, 5.41) is 5.36. The summed E-state index contributed by atoms with van der Waals surface area (Å²) in [5.41, 5.74) is 1.55. The molecule has 0 saturated heterocycles. The van der Waals surface area contributed by atoms with E-state index in [1.165, 1.54) is 6.33 Å². The van der Waals surface area contributed by atoms with Crippen LogP contribution in [-0.4, -0.2) is 19.7 Å². The summed E-state index contributed by atoms with van der Waals surface area (Å²) >= 11 is 11.8. The van der Waals surface area contributed by atoms with E-state index >= 15 is 0 Å². The summed E-state index contributed by atoms with van der Waals surface area (Å²) in [5.74, 6) is 0.805. The maximum atomic E-state index is 5.93. The van der Waals surface area contributed by atoms with Crippen molar-refractivity contribution < 1.29 is 4.74 Å². The fraction of sp³-hybridized carbons (Fsp3) is 0.0714. The van der Waals surface area contributed by atoms with Crippen molar-refractivity contribution in [1.82, 2.24) is 19.7 Å². The van der Waals surface area contributed by atoms with E-state index in [1.807, 2.05) is 12.1 Å². The van der Waals surface area contributed by atoms with Gasteiger partial charge in [0, 0.05) is 22.8 Å². The van der Waals surface area contributed by atoms with Gasteiger partial charge in [-0.25, -0.2) is 14.6 Å². The van der Waals surface area contributed by atoms with Crippen molar-refractivity contribution in [2.24, 2.45) is 0 Å². The molecule has 0 fully saturated rings. The number of rotatable bonds is 3. The molecule has 21 heavy (non-hydrogen) atoms. The fourth-order valence-electron chi connectivity index (χ4n) is 1.72. The minimum Gasteiger partial charge on any atom is -0.419 e. The zero-order valence-electron chi connectivity index (χ0n) is 11.0. The first-order chi connectivity index (χ1) is 10.1. The molecule has 0 aliphatic heterocycles. The second kappa shape index (κ2) is 5.71. The summed E-state index contributed by atoms with van der Waals surface area (Å²) in [6.45, 7) is 1.79. The van der Waals surface area contributed by atoms with Gasteiger partial charge in [-0.05, 0) is 31.2 Å². The maximum absolute atomic E-state index is 5.93. The highest BCUT2D eigenvalue weighted by molar-refractivity contribution is 6.30. The number of nitrogens with zero attached hydrogens (tertiary/aromatic N) is 4. The molecular weight excluding hydrogens is 311 g/mol. The SMILES string of the molecule is Cc1c(Cl)ncnc1Oc1ccn(-c2ccc(Cl)cc2)n1. The van der Waals surface area contributed by atoms with Gasteiger partial charge in [0.15, 0.2) is 0 Å².